The zero-order chi connectivity index (χ0) is 19.8. The van der Waals surface area contributed by atoms with Gasteiger partial charge in [0.2, 0.25) is 0 Å². The lowest BCUT2D eigenvalue weighted by Crippen LogP contribution is -2.49. The van der Waals surface area contributed by atoms with Gasteiger partial charge >= 0.3 is 0 Å². The van der Waals surface area contributed by atoms with Gasteiger partial charge in [-0.15, -0.1) is 0 Å². The Labute approximate surface area is 171 Å². The van der Waals surface area contributed by atoms with Crippen LogP contribution >= 0.6 is 0 Å². The fraction of sp³-hybridized carbons (Fsp3) is 0.435. The number of benzene rings is 1. The summed E-state index contributed by atoms with van der Waals surface area (Å²) in [7, 11) is 2.12. The molecule has 1 N–H and O–H groups in total. The van der Waals surface area contributed by atoms with E-state index in [4.69, 9.17) is 4.74 Å². The summed E-state index contributed by atoms with van der Waals surface area (Å²) < 4.78 is 6.21. The zero-order valence-electron chi connectivity index (χ0n) is 16.9. The summed E-state index contributed by atoms with van der Waals surface area (Å²) in [4.78, 5) is 22.7. The van der Waals surface area contributed by atoms with Crippen LogP contribution in [0.1, 0.15) is 11.3 Å². The highest BCUT2D eigenvalue weighted by Crippen LogP contribution is 2.25. The zero-order valence-corrected chi connectivity index (χ0v) is 16.9. The molecule has 2 aromatic rings. The minimum atomic E-state index is 0.00685. The Morgan fingerprint density at radius 3 is 2.72 bits per heavy atom. The molecule has 0 aliphatic carbocycles. The second-order valence-electron chi connectivity index (χ2n) is 8.28. The highest BCUT2D eigenvalue weighted by atomic mass is 16.5. The molecular formula is C23H28N4O2. The van der Waals surface area contributed by atoms with Gasteiger partial charge in [-0.25, -0.2) is 0 Å². The van der Waals surface area contributed by atoms with Gasteiger partial charge in [0.1, 0.15) is 0 Å². The molecule has 1 fully saturated rings. The van der Waals surface area contributed by atoms with E-state index in [1.165, 1.54) is 5.70 Å². The van der Waals surface area contributed by atoms with Crippen molar-refractivity contribution in [2.75, 3.05) is 46.3 Å². The number of H-pyrrole nitrogens is 1. The number of fused-ring (bicyclic) bond motifs is 3. The number of hydrogen-bond donors (Lipinski definition) is 1. The molecule has 1 aromatic heterocycles. The molecule has 1 unspecified atom stereocenters. The molecule has 1 saturated heterocycles. The lowest BCUT2D eigenvalue weighted by Gasteiger charge is -2.39. The lowest BCUT2D eigenvalue weighted by atomic mass is 9.98. The van der Waals surface area contributed by atoms with Gasteiger partial charge in [0.15, 0.2) is 0 Å². The fourth-order valence-corrected chi connectivity index (χ4v) is 4.66. The number of piperazine rings is 1. The first-order valence-corrected chi connectivity index (χ1v) is 10.5. The predicted molar refractivity (Wildman–Crippen MR) is 115 cm³/mol. The van der Waals surface area contributed by atoms with Crippen LogP contribution in [0.5, 0.6) is 0 Å². The van der Waals surface area contributed by atoms with E-state index in [0.29, 0.717) is 6.61 Å². The van der Waals surface area contributed by atoms with Gasteiger partial charge in [-0.05, 0) is 17.5 Å². The second kappa shape index (κ2) is 7.69. The van der Waals surface area contributed by atoms with Crippen LogP contribution in [0.15, 0.2) is 53.1 Å². The lowest BCUT2D eigenvalue weighted by molar-refractivity contribution is -0.00289. The molecule has 3 aliphatic heterocycles. The van der Waals surface area contributed by atoms with Crippen LogP contribution in [-0.4, -0.2) is 72.1 Å². The maximum atomic E-state index is 12.4. The largest absolute Gasteiger partial charge is 0.375 e. The van der Waals surface area contributed by atoms with Crippen molar-refractivity contribution in [2.45, 2.75) is 19.1 Å². The van der Waals surface area contributed by atoms with Crippen LogP contribution < -0.4 is 5.56 Å². The Hall–Kier alpha value is -2.57. The molecule has 1 atom stereocenters. The Balaban J connectivity index is 1.23. The number of nitrogens with zero attached hydrogens (tertiary/aromatic N) is 3. The normalized spacial score (nSPS) is 22.7. The van der Waals surface area contributed by atoms with Crippen LogP contribution in [0.3, 0.4) is 0 Å². The average molecular weight is 393 g/mol. The van der Waals surface area contributed by atoms with Crippen LogP contribution in [-0.2, 0) is 17.8 Å². The molecule has 6 heteroatoms. The molecule has 0 radical (unpaired) electrons. The van der Waals surface area contributed by atoms with Gasteiger partial charge in [-0.1, -0.05) is 24.3 Å². The van der Waals surface area contributed by atoms with E-state index in [1.807, 2.05) is 24.3 Å². The summed E-state index contributed by atoms with van der Waals surface area (Å²) in [6, 6.07) is 7.81. The maximum absolute atomic E-state index is 12.4. The van der Waals surface area contributed by atoms with Crippen molar-refractivity contribution < 1.29 is 4.74 Å². The minimum absolute atomic E-state index is 0.00685. The number of hydrogen-bond acceptors (Lipinski definition) is 5. The number of aromatic amines is 1. The van der Waals surface area contributed by atoms with Gasteiger partial charge in [-0.2, -0.15) is 0 Å². The minimum Gasteiger partial charge on any atom is -0.375 e. The van der Waals surface area contributed by atoms with E-state index < -0.39 is 0 Å². The van der Waals surface area contributed by atoms with Gasteiger partial charge in [-0.3, -0.25) is 9.69 Å². The number of nitrogens with one attached hydrogen (secondary N) is 1. The monoisotopic (exact) mass is 392 g/mol. The third-order valence-electron chi connectivity index (χ3n) is 6.25. The van der Waals surface area contributed by atoms with Crippen LogP contribution in [0.4, 0.5) is 0 Å². The summed E-state index contributed by atoms with van der Waals surface area (Å²) in [6.45, 7) is 6.62. The number of pyridine rings is 1. The van der Waals surface area contributed by atoms with E-state index in [-0.39, 0.29) is 11.7 Å². The van der Waals surface area contributed by atoms with E-state index >= 15 is 0 Å². The first-order chi connectivity index (χ1) is 14.2. The Morgan fingerprint density at radius 2 is 1.93 bits per heavy atom. The third kappa shape index (κ3) is 3.70. The van der Waals surface area contributed by atoms with E-state index in [1.54, 1.807) is 0 Å². The first-order valence-electron chi connectivity index (χ1n) is 10.5. The molecule has 4 heterocycles. The van der Waals surface area contributed by atoms with Gasteiger partial charge < -0.3 is 19.5 Å². The van der Waals surface area contributed by atoms with Crippen molar-refractivity contribution in [1.29, 1.82) is 0 Å². The number of ether oxygens (including phenoxy) is 1. The number of aromatic nitrogens is 1. The highest BCUT2D eigenvalue weighted by molar-refractivity contribution is 5.85. The van der Waals surface area contributed by atoms with E-state index in [9.17, 15) is 4.79 Å². The predicted octanol–water partition coefficient (Wildman–Crippen LogP) is 1.93. The Morgan fingerprint density at radius 1 is 1.14 bits per heavy atom. The van der Waals surface area contributed by atoms with Crippen molar-refractivity contribution in [3.8, 4) is 0 Å². The van der Waals surface area contributed by atoms with E-state index in [0.717, 1.165) is 67.7 Å². The highest BCUT2D eigenvalue weighted by Gasteiger charge is 2.26. The Kier molecular flexibility index (Phi) is 4.89. The average Bonchev–Trinajstić information content (AvgIpc) is 2.74. The van der Waals surface area contributed by atoms with Crippen molar-refractivity contribution in [1.82, 2.24) is 19.7 Å². The van der Waals surface area contributed by atoms with Gasteiger partial charge in [0.25, 0.3) is 5.56 Å². The standard InChI is InChI=1S/C23H28N4O2/c1-25-8-4-5-17(14-25)27-11-9-26(10-12-27)15-18-13-22-21(16-29-18)19-6-2-3-7-20(19)23(28)24-22/h2-7,14,18H,8-13,15-16H2,1H3,(H,24,28). The SMILES string of the molecule is CN1C=C(N2CCN(CC3Cc4[nH]c(=O)c5ccccc5c4CO3)CC2)C=CC1. The van der Waals surface area contributed by atoms with Crippen molar-refractivity contribution in [3.05, 3.63) is 69.9 Å². The number of rotatable bonds is 3. The van der Waals surface area contributed by atoms with Crippen molar-refractivity contribution in [3.63, 3.8) is 0 Å². The van der Waals surface area contributed by atoms with E-state index in [2.05, 4.69) is 45.1 Å². The van der Waals surface area contributed by atoms with Crippen molar-refractivity contribution >= 4 is 10.8 Å². The number of likely N-dealkylation sites (N-methyl/N-ethyl adjacent to an activating group) is 1. The van der Waals surface area contributed by atoms with Crippen LogP contribution in [0.25, 0.3) is 10.8 Å². The first kappa shape index (κ1) is 18.5. The van der Waals surface area contributed by atoms with Gasteiger partial charge in [0, 0.05) is 75.6 Å². The summed E-state index contributed by atoms with van der Waals surface area (Å²) in [5, 5.41) is 1.78. The third-order valence-corrected chi connectivity index (χ3v) is 6.25. The molecule has 0 saturated carbocycles. The molecule has 29 heavy (non-hydrogen) atoms. The summed E-state index contributed by atoms with van der Waals surface area (Å²) in [6.07, 6.45) is 7.59. The van der Waals surface area contributed by atoms with Crippen LogP contribution in [0.2, 0.25) is 0 Å². The summed E-state index contributed by atoms with van der Waals surface area (Å²) in [5.74, 6) is 0. The second-order valence-corrected chi connectivity index (χ2v) is 8.28. The molecule has 1 aromatic carbocycles. The topological polar surface area (TPSA) is 51.8 Å². The molecule has 5 rings (SSSR count). The fourth-order valence-electron chi connectivity index (χ4n) is 4.66. The molecular weight excluding hydrogens is 364 g/mol. The quantitative estimate of drug-likeness (QED) is 0.865. The van der Waals surface area contributed by atoms with Crippen molar-refractivity contribution in [2.24, 2.45) is 0 Å². The summed E-state index contributed by atoms with van der Waals surface area (Å²) in [5.41, 5.74) is 3.50. The summed E-state index contributed by atoms with van der Waals surface area (Å²) >= 11 is 0. The van der Waals surface area contributed by atoms with Gasteiger partial charge in [0.05, 0.1) is 18.4 Å². The molecule has 0 bridgehead atoms. The molecule has 152 valence electrons. The Bertz CT molecular complexity index is 1020. The molecule has 0 spiro atoms. The molecule has 3 aliphatic rings. The van der Waals surface area contributed by atoms with Crippen LogP contribution in [0, 0.1) is 0 Å². The molecule has 6 nitrogen and oxygen atoms in total. The maximum Gasteiger partial charge on any atom is 0.256 e. The smallest absolute Gasteiger partial charge is 0.256 e. The number of allylic oxidation sites excluding steroid dienone is 1. The molecule has 0 amide bonds.